The molecule has 0 aromatic carbocycles. The fraction of sp³-hybridized carbons (Fsp3) is 0.538. The Balaban J connectivity index is 1.41. The van der Waals surface area contributed by atoms with Gasteiger partial charge in [-0.3, -0.25) is 4.98 Å². The van der Waals surface area contributed by atoms with Crippen LogP contribution in [-0.4, -0.2) is 46.3 Å². The van der Waals surface area contributed by atoms with E-state index < -0.39 is 0 Å². The first-order valence-corrected chi connectivity index (χ1v) is 6.99. The first-order chi connectivity index (χ1) is 9.90. The highest BCUT2D eigenvalue weighted by Gasteiger charge is 2.30. The highest BCUT2D eigenvalue weighted by molar-refractivity contribution is 5.39. The van der Waals surface area contributed by atoms with Crippen LogP contribution in [0.3, 0.4) is 0 Å². The molecule has 0 unspecified atom stereocenters. The minimum atomic E-state index is 0.511. The zero-order valence-electron chi connectivity index (χ0n) is 11.1. The number of rotatable bonds is 3. The molecule has 4 rings (SSSR count). The van der Waals surface area contributed by atoms with Gasteiger partial charge < -0.3 is 14.2 Å². The van der Waals surface area contributed by atoms with Crippen molar-refractivity contribution in [3.63, 3.8) is 0 Å². The normalized spacial score (nSPS) is 19.4. The smallest absolute Gasteiger partial charge is 0.318 e. The molecule has 1 saturated heterocycles. The number of anilines is 2. The Bertz CT molecular complexity index is 574. The lowest BCUT2D eigenvalue weighted by atomic mass is 10.3. The Kier molecular flexibility index (Phi) is 2.75. The van der Waals surface area contributed by atoms with Crippen LogP contribution in [0.15, 0.2) is 23.0 Å². The third kappa shape index (κ3) is 2.19. The van der Waals surface area contributed by atoms with Crippen molar-refractivity contribution in [2.24, 2.45) is 0 Å². The predicted octanol–water partition coefficient (Wildman–Crippen LogP) is 1.06. The molecule has 3 heterocycles. The Hall–Kier alpha value is -2.18. The number of hydrogen-bond donors (Lipinski definition) is 0. The number of hydrogen-bond acceptors (Lipinski definition) is 7. The summed E-state index contributed by atoms with van der Waals surface area (Å²) in [4.78, 5) is 12.8. The van der Waals surface area contributed by atoms with E-state index in [9.17, 15) is 0 Å². The molecular formula is C13H16N6O. The molecule has 7 heteroatoms. The fourth-order valence-electron chi connectivity index (χ4n) is 2.43. The molecule has 1 saturated carbocycles. The Morgan fingerprint density at radius 1 is 1.00 bits per heavy atom. The van der Waals surface area contributed by atoms with E-state index in [-0.39, 0.29) is 0 Å². The van der Waals surface area contributed by atoms with E-state index in [4.69, 9.17) is 4.42 Å². The van der Waals surface area contributed by atoms with Crippen LogP contribution in [0.1, 0.15) is 24.7 Å². The van der Waals surface area contributed by atoms with Gasteiger partial charge in [-0.25, -0.2) is 4.98 Å². The number of aromatic nitrogens is 4. The lowest BCUT2D eigenvalue weighted by Gasteiger charge is -2.34. The van der Waals surface area contributed by atoms with Crippen LogP contribution in [0.25, 0.3) is 0 Å². The molecule has 0 atom stereocenters. The first-order valence-electron chi connectivity index (χ1n) is 6.99. The maximum Gasteiger partial charge on any atom is 0.318 e. The van der Waals surface area contributed by atoms with Gasteiger partial charge in [-0.2, -0.15) is 0 Å². The van der Waals surface area contributed by atoms with Gasteiger partial charge in [-0.15, -0.1) is 5.10 Å². The van der Waals surface area contributed by atoms with Crippen LogP contribution < -0.4 is 9.80 Å². The molecule has 20 heavy (non-hydrogen) atoms. The summed E-state index contributed by atoms with van der Waals surface area (Å²) in [6, 6.07) is 0.658. The minimum absolute atomic E-state index is 0.511. The maximum absolute atomic E-state index is 5.75. The summed E-state index contributed by atoms with van der Waals surface area (Å²) < 4.78 is 5.75. The third-order valence-electron chi connectivity index (χ3n) is 3.78. The van der Waals surface area contributed by atoms with Gasteiger partial charge in [0, 0.05) is 44.5 Å². The van der Waals surface area contributed by atoms with Crippen LogP contribution in [0.4, 0.5) is 11.8 Å². The molecule has 2 fully saturated rings. The van der Waals surface area contributed by atoms with Gasteiger partial charge in [0.25, 0.3) is 0 Å². The molecule has 104 valence electrons. The van der Waals surface area contributed by atoms with E-state index in [0.717, 1.165) is 37.9 Å². The van der Waals surface area contributed by atoms with Crippen molar-refractivity contribution < 1.29 is 4.42 Å². The van der Waals surface area contributed by atoms with Crippen molar-refractivity contribution in [1.82, 2.24) is 20.2 Å². The van der Waals surface area contributed by atoms with E-state index in [1.165, 1.54) is 12.8 Å². The molecule has 0 amide bonds. The Labute approximate surface area is 116 Å². The lowest BCUT2D eigenvalue weighted by molar-refractivity contribution is 0.475. The maximum atomic E-state index is 5.75. The van der Waals surface area contributed by atoms with Crippen LogP contribution in [-0.2, 0) is 0 Å². The minimum Gasteiger partial charge on any atom is -0.408 e. The largest absolute Gasteiger partial charge is 0.408 e. The van der Waals surface area contributed by atoms with Crippen molar-refractivity contribution in [2.45, 2.75) is 18.8 Å². The zero-order chi connectivity index (χ0) is 13.4. The monoisotopic (exact) mass is 272 g/mol. The van der Waals surface area contributed by atoms with Crippen molar-refractivity contribution >= 4 is 11.8 Å². The fourth-order valence-corrected chi connectivity index (χ4v) is 2.43. The highest BCUT2D eigenvalue weighted by atomic mass is 16.4. The number of nitrogens with zero attached hydrogens (tertiary/aromatic N) is 6. The van der Waals surface area contributed by atoms with Crippen LogP contribution >= 0.6 is 0 Å². The van der Waals surface area contributed by atoms with Crippen molar-refractivity contribution in [1.29, 1.82) is 0 Å². The molecule has 0 bridgehead atoms. The molecule has 1 aliphatic carbocycles. The van der Waals surface area contributed by atoms with Gasteiger partial charge in [-0.1, -0.05) is 5.10 Å². The quantitative estimate of drug-likeness (QED) is 0.827. The predicted molar refractivity (Wildman–Crippen MR) is 72.7 cm³/mol. The van der Waals surface area contributed by atoms with Crippen molar-refractivity contribution in [2.75, 3.05) is 36.0 Å². The Morgan fingerprint density at radius 2 is 1.80 bits per heavy atom. The lowest BCUT2D eigenvalue weighted by Crippen LogP contribution is -2.47. The van der Waals surface area contributed by atoms with Gasteiger partial charge in [-0.05, 0) is 12.8 Å². The third-order valence-corrected chi connectivity index (χ3v) is 3.78. The van der Waals surface area contributed by atoms with Crippen molar-refractivity contribution in [3.05, 3.63) is 24.5 Å². The van der Waals surface area contributed by atoms with Crippen LogP contribution in [0, 0.1) is 0 Å². The van der Waals surface area contributed by atoms with E-state index in [0.29, 0.717) is 11.9 Å². The number of piperazine rings is 1. The summed E-state index contributed by atoms with van der Waals surface area (Å²) in [5.41, 5.74) is 0. The van der Waals surface area contributed by atoms with Crippen LogP contribution in [0.5, 0.6) is 0 Å². The van der Waals surface area contributed by atoms with E-state index >= 15 is 0 Å². The summed E-state index contributed by atoms with van der Waals surface area (Å²) in [6.45, 7) is 3.51. The SMILES string of the molecule is c1cnc(N2CCN(c3nnc(C4CC4)o3)CC2)cn1. The topological polar surface area (TPSA) is 71.2 Å². The summed E-state index contributed by atoms with van der Waals surface area (Å²) in [5, 5.41) is 8.30. The Morgan fingerprint density at radius 3 is 2.50 bits per heavy atom. The second kappa shape index (κ2) is 4.73. The van der Waals surface area contributed by atoms with E-state index in [1.807, 2.05) is 0 Å². The summed E-state index contributed by atoms with van der Waals surface area (Å²) in [7, 11) is 0. The second-order valence-corrected chi connectivity index (χ2v) is 5.23. The molecule has 0 spiro atoms. The second-order valence-electron chi connectivity index (χ2n) is 5.23. The molecule has 2 aromatic heterocycles. The molecule has 1 aliphatic heterocycles. The molecule has 0 radical (unpaired) electrons. The van der Waals surface area contributed by atoms with E-state index in [2.05, 4.69) is 30.0 Å². The van der Waals surface area contributed by atoms with Gasteiger partial charge in [0.05, 0.1) is 6.20 Å². The molecule has 7 nitrogen and oxygen atoms in total. The average molecular weight is 272 g/mol. The molecule has 2 aromatic rings. The molecule has 2 aliphatic rings. The molecule has 0 N–H and O–H groups in total. The standard InChI is InChI=1S/C13H16N6O/c1-2-10(1)12-16-17-13(20-12)19-7-5-18(6-8-19)11-9-14-3-4-15-11/h3-4,9-10H,1-2,5-8H2. The van der Waals surface area contributed by atoms with E-state index in [1.54, 1.807) is 18.6 Å². The molecular weight excluding hydrogens is 256 g/mol. The zero-order valence-corrected chi connectivity index (χ0v) is 11.1. The van der Waals surface area contributed by atoms with Crippen molar-refractivity contribution in [3.8, 4) is 0 Å². The summed E-state index contributed by atoms with van der Waals surface area (Å²) >= 11 is 0. The highest BCUT2D eigenvalue weighted by Crippen LogP contribution is 2.39. The first kappa shape index (κ1) is 11.6. The summed E-state index contributed by atoms with van der Waals surface area (Å²) in [5.74, 6) is 2.24. The average Bonchev–Trinajstić information content (AvgIpc) is 3.26. The van der Waals surface area contributed by atoms with Gasteiger partial charge in [0.15, 0.2) is 0 Å². The van der Waals surface area contributed by atoms with Gasteiger partial charge >= 0.3 is 6.01 Å². The van der Waals surface area contributed by atoms with Gasteiger partial charge in [0.2, 0.25) is 5.89 Å². The summed E-state index contributed by atoms with van der Waals surface area (Å²) in [6.07, 6.45) is 7.58. The van der Waals surface area contributed by atoms with Gasteiger partial charge in [0.1, 0.15) is 5.82 Å². The van der Waals surface area contributed by atoms with Crippen LogP contribution in [0.2, 0.25) is 0 Å².